The molecule has 0 aliphatic carbocycles. The van der Waals surface area contributed by atoms with Gasteiger partial charge in [-0.1, -0.05) is 24.0 Å². The van der Waals surface area contributed by atoms with E-state index in [2.05, 4.69) is 24.0 Å². The number of rotatable bonds is 2. The number of fused-ring (bicyclic) bond motifs is 1. The zero-order chi connectivity index (χ0) is 11.2. The fourth-order valence-electron chi connectivity index (χ4n) is 1.84. The molecule has 0 saturated carbocycles. The average molecular weight is 215 g/mol. The van der Waals surface area contributed by atoms with Crippen LogP contribution in [-0.2, 0) is 6.42 Å². The first-order valence-corrected chi connectivity index (χ1v) is 5.85. The van der Waals surface area contributed by atoms with Crippen molar-refractivity contribution in [2.45, 2.75) is 25.7 Å². The molecule has 1 aromatic rings. The minimum absolute atomic E-state index is 0.706. The highest BCUT2D eigenvalue weighted by Gasteiger charge is 2.12. The van der Waals surface area contributed by atoms with E-state index in [9.17, 15) is 0 Å². The summed E-state index contributed by atoms with van der Waals surface area (Å²) in [7, 11) is 0. The number of para-hydroxylation sites is 1. The molecule has 0 bridgehead atoms. The summed E-state index contributed by atoms with van der Waals surface area (Å²) >= 11 is 0. The summed E-state index contributed by atoms with van der Waals surface area (Å²) in [5.74, 6) is 7.31. The summed E-state index contributed by atoms with van der Waals surface area (Å²) in [6.07, 6.45) is 4.04. The highest BCUT2D eigenvalue weighted by Crippen LogP contribution is 2.28. The van der Waals surface area contributed by atoms with E-state index in [0.717, 1.165) is 43.6 Å². The first kappa shape index (κ1) is 11.0. The van der Waals surface area contributed by atoms with Gasteiger partial charge in [0.1, 0.15) is 5.75 Å². The molecule has 2 N–H and O–H groups in total. The second-order valence-corrected chi connectivity index (χ2v) is 3.94. The quantitative estimate of drug-likeness (QED) is 0.605. The van der Waals surface area contributed by atoms with Crippen LogP contribution in [0.2, 0.25) is 0 Å². The number of hydrogen-bond donors (Lipinski definition) is 1. The van der Waals surface area contributed by atoms with Crippen LogP contribution in [0.3, 0.4) is 0 Å². The van der Waals surface area contributed by atoms with Crippen molar-refractivity contribution >= 4 is 0 Å². The predicted molar refractivity (Wildman–Crippen MR) is 65.4 cm³/mol. The standard InChI is InChI=1S/C14H17NO/c15-10-3-1-2-6-12-7-4-8-13-9-5-11-16-14(12)13/h4,7-8H,1,3,5,9-11,15H2. The predicted octanol–water partition coefficient (Wildman–Crippen LogP) is 2.10. The van der Waals surface area contributed by atoms with Gasteiger partial charge in [-0.25, -0.2) is 0 Å². The normalized spacial score (nSPS) is 13.3. The van der Waals surface area contributed by atoms with E-state index in [1.807, 2.05) is 6.07 Å². The van der Waals surface area contributed by atoms with Gasteiger partial charge in [-0.15, -0.1) is 0 Å². The van der Waals surface area contributed by atoms with Crippen LogP contribution >= 0.6 is 0 Å². The zero-order valence-corrected chi connectivity index (χ0v) is 9.46. The molecule has 2 heteroatoms. The Hall–Kier alpha value is -1.46. The molecule has 0 radical (unpaired) electrons. The van der Waals surface area contributed by atoms with Crippen LogP contribution in [0.15, 0.2) is 18.2 Å². The van der Waals surface area contributed by atoms with Gasteiger partial charge in [0.15, 0.2) is 0 Å². The monoisotopic (exact) mass is 215 g/mol. The van der Waals surface area contributed by atoms with E-state index in [1.165, 1.54) is 5.56 Å². The summed E-state index contributed by atoms with van der Waals surface area (Å²) in [6.45, 7) is 1.52. The highest BCUT2D eigenvalue weighted by molar-refractivity contribution is 5.51. The molecule has 0 atom stereocenters. The van der Waals surface area contributed by atoms with Crippen molar-refractivity contribution in [2.24, 2.45) is 5.73 Å². The van der Waals surface area contributed by atoms with Crippen LogP contribution < -0.4 is 10.5 Å². The second kappa shape index (κ2) is 5.58. The maximum Gasteiger partial charge on any atom is 0.138 e. The van der Waals surface area contributed by atoms with Crippen molar-refractivity contribution in [3.05, 3.63) is 29.3 Å². The topological polar surface area (TPSA) is 35.2 Å². The first-order chi connectivity index (χ1) is 7.92. The van der Waals surface area contributed by atoms with Gasteiger partial charge in [0.25, 0.3) is 0 Å². The zero-order valence-electron chi connectivity index (χ0n) is 9.46. The maximum absolute atomic E-state index is 5.68. The van der Waals surface area contributed by atoms with Crippen molar-refractivity contribution in [1.82, 2.24) is 0 Å². The van der Waals surface area contributed by atoms with Gasteiger partial charge in [0, 0.05) is 6.42 Å². The third-order valence-corrected chi connectivity index (χ3v) is 2.66. The fraction of sp³-hybridized carbons (Fsp3) is 0.429. The Morgan fingerprint density at radius 2 is 2.31 bits per heavy atom. The van der Waals surface area contributed by atoms with E-state index in [1.54, 1.807) is 0 Å². The lowest BCUT2D eigenvalue weighted by molar-refractivity contribution is 0.287. The molecule has 1 heterocycles. The van der Waals surface area contributed by atoms with Crippen molar-refractivity contribution in [2.75, 3.05) is 13.2 Å². The van der Waals surface area contributed by atoms with Crippen LogP contribution in [0.4, 0.5) is 0 Å². The Morgan fingerprint density at radius 3 is 3.19 bits per heavy atom. The summed E-state index contributed by atoms with van der Waals surface area (Å²) in [5, 5.41) is 0. The van der Waals surface area contributed by atoms with Crippen LogP contribution in [-0.4, -0.2) is 13.2 Å². The lowest BCUT2D eigenvalue weighted by atomic mass is 10.0. The van der Waals surface area contributed by atoms with Gasteiger partial charge in [-0.3, -0.25) is 0 Å². The van der Waals surface area contributed by atoms with Gasteiger partial charge >= 0.3 is 0 Å². The van der Waals surface area contributed by atoms with Crippen LogP contribution in [0.1, 0.15) is 30.4 Å². The van der Waals surface area contributed by atoms with E-state index in [-0.39, 0.29) is 0 Å². The van der Waals surface area contributed by atoms with Crippen LogP contribution in [0, 0.1) is 11.8 Å². The number of aryl methyl sites for hydroxylation is 1. The minimum atomic E-state index is 0.706. The lowest BCUT2D eigenvalue weighted by Gasteiger charge is -2.18. The van der Waals surface area contributed by atoms with Gasteiger partial charge in [0.05, 0.1) is 12.2 Å². The molecule has 2 rings (SSSR count). The molecule has 16 heavy (non-hydrogen) atoms. The van der Waals surface area contributed by atoms with Gasteiger partial charge in [0.2, 0.25) is 0 Å². The molecule has 0 fully saturated rings. The van der Waals surface area contributed by atoms with Crippen molar-refractivity contribution in [1.29, 1.82) is 0 Å². The molecular weight excluding hydrogens is 198 g/mol. The molecule has 1 aliphatic rings. The number of ether oxygens (including phenoxy) is 1. The Morgan fingerprint density at radius 1 is 1.38 bits per heavy atom. The van der Waals surface area contributed by atoms with Crippen molar-refractivity contribution in [3.63, 3.8) is 0 Å². The smallest absolute Gasteiger partial charge is 0.138 e. The van der Waals surface area contributed by atoms with E-state index in [4.69, 9.17) is 10.5 Å². The van der Waals surface area contributed by atoms with Crippen molar-refractivity contribution < 1.29 is 4.74 Å². The number of nitrogens with two attached hydrogens (primary N) is 1. The number of hydrogen-bond acceptors (Lipinski definition) is 2. The Labute approximate surface area is 96.8 Å². The minimum Gasteiger partial charge on any atom is -0.492 e. The molecule has 84 valence electrons. The first-order valence-electron chi connectivity index (χ1n) is 5.85. The van der Waals surface area contributed by atoms with Crippen LogP contribution in [0.5, 0.6) is 5.75 Å². The molecule has 1 aliphatic heterocycles. The molecule has 0 saturated heterocycles. The summed E-state index contributed by atoms with van der Waals surface area (Å²) in [6, 6.07) is 6.21. The average Bonchev–Trinajstić information content (AvgIpc) is 2.35. The molecule has 0 aromatic heterocycles. The van der Waals surface area contributed by atoms with Gasteiger partial charge in [-0.05, 0) is 37.4 Å². The molecular formula is C14H17NO. The Balaban J connectivity index is 2.16. The van der Waals surface area contributed by atoms with Gasteiger partial charge in [-0.2, -0.15) is 0 Å². The number of unbranched alkanes of at least 4 members (excludes halogenated alkanes) is 1. The third-order valence-electron chi connectivity index (χ3n) is 2.66. The molecule has 0 spiro atoms. The fourth-order valence-corrected chi connectivity index (χ4v) is 1.84. The SMILES string of the molecule is NCCCC#Cc1cccc2c1OCCC2. The summed E-state index contributed by atoms with van der Waals surface area (Å²) in [5.41, 5.74) is 7.74. The largest absolute Gasteiger partial charge is 0.492 e. The highest BCUT2D eigenvalue weighted by atomic mass is 16.5. The van der Waals surface area contributed by atoms with E-state index < -0.39 is 0 Å². The number of benzene rings is 1. The van der Waals surface area contributed by atoms with E-state index >= 15 is 0 Å². The lowest BCUT2D eigenvalue weighted by Crippen LogP contribution is -2.09. The second-order valence-electron chi connectivity index (χ2n) is 3.94. The molecule has 2 nitrogen and oxygen atoms in total. The van der Waals surface area contributed by atoms with Crippen LogP contribution in [0.25, 0.3) is 0 Å². The molecule has 0 amide bonds. The Bertz CT molecular complexity index is 414. The molecule has 1 aromatic carbocycles. The van der Waals surface area contributed by atoms with Crippen molar-refractivity contribution in [3.8, 4) is 17.6 Å². The maximum atomic E-state index is 5.68. The molecule has 0 unspecified atom stereocenters. The third kappa shape index (κ3) is 2.56. The summed E-state index contributed by atoms with van der Waals surface area (Å²) in [4.78, 5) is 0. The van der Waals surface area contributed by atoms with E-state index in [0.29, 0.717) is 6.54 Å². The summed E-state index contributed by atoms with van der Waals surface area (Å²) < 4.78 is 5.68. The Kier molecular flexibility index (Phi) is 3.85. The van der Waals surface area contributed by atoms with Gasteiger partial charge < -0.3 is 10.5 Å².